The number of benzene rings is 1. The van der Waals surface area contributed by atoms with Gasteiger partial charge in [-0.1, -0.05) is 32.4 Å². The second-order valence-electron chi connectivity index (χ2n) is 8.09. The Balaban J connectivity index is 3.57. The van der Waals surface area contributed by atoms with Gasteiger partial charge in [-0.05, 0) is 70.9 Å². The molecule has 1 rings (SSSR count). The van der Waals surface area contributed by atoms with Gasteiger partial charge in [0.05, 0.1) is 0 Å². The number of carbonyl (C=O) groups is 4. The Kier molecular flexibility index (Phi) is 10.6. The van der Waals surface area contributed by atoms with E-state index in [2.05, 4.69) is 26.3 Å². The third-order valence-corrected chi connectivity index (χ3v) is 4.34. The van der Waals surface area contributed by atoms with Gasteiger partial charge in [-0.3, -0.25) is 0 Å². The maximum atomic E-state index is 12.2. The lowest BCUT2D eigenvalue weighted by Crippen LogP contribution is -2.13. The molecule has 0 N–H and O–H groups in total. The van der Waals surface area contributed by atoms with E-state index in [4.69, 9.17) is 18.9 Å². The number of allylic oxidation sites excluding steroid dienone is 3. The predicted octanol–water partition coefficient (Wildman–Crippen LogP) is 5.52. The molecule has 8 nitrogen and oxygen atoms in total. The standard InChI is InChI=1S/C28H30O8/c1-15(2)25(29)33-20(10)23(35-27(31)17(5)6)13-19(9)21-11-12-22(34-26(30)16(3)4)24(14-21)36-28(32)18(7)8/h11-14H,1,3,5,7H2,2,4,6,8-10H3/b19-13+,23-20-. The maximum absolute atomic E-state index is 12.2. The Morgan fingerprint density at radius 2 is 1.08 bits per heavy atom. The molecule has 0 heterocycles. The zero-order valence-electron chi connectivity index (χ0n) is 21.4. The fourth-order valence-electron chi connectivity index (χ4n) is 2.24. The molecule has 0 amide bonds. The predicted molar refractivity (Wildman–Crippen MR) is 136 cm³/mol. The quantitative estimate of drug-likeness (QED) is 0.138. The van der Waals surface area contributed by atoms with Crippen LogP contribution in [0.5, 0.6) is 11.5 Å². The SMILES string of the molecule is C=C(C)C(=O)O/C(C)=C(/C=C(\C)c1ccc(OC(=O)C(=C)C)c(OC(=O)C(=C)C)c1)OC(=O)C(=C)C. The van der Waals surface area contributed by atoms with Crippen molar-refractivity contribution in [3.8, 4) is 11.5 Å². The lowest BCUT2D eigenvalue weighted by atomic mass is 10.1. The molecule has 0 radical (unpaired) electrons. The average molecular weight is 495 g/mol. The topological polar surface area (TPSA) is 105 Å². The molecule has 0 spiro atoms. The van der Waals surface area contributed by atoms with Crippen molar-refractivity contribution in [2.75, 3.05) is 0 Å². The molecule has 0 aliphatic rings. The van der Waals surface area contributed by atoms with Crippen LogP contribution in [0.25, 0.3) is 5.57 Å². The molecule has 0 aliphatic heterocycles. The summed E-state index contributed by atoms with van der Waals surface area (Å²) in [6.45, 7) is 23.2. The Morgan fingerprint density at radius 1 is 0.639 bits per heavy atom. The highest BCUT2D eigenvalue weighted by Gasteiger charge is 2.18. The second-order valence-corrected chi connectivity index (χ2v) is 8.09. The van der Waals surface area contributed by atoms with Gasteiger partial charge in [0.2, 0.25) is 0 Å². The number of rotatable bonds is 10. The first-order chi connectivity index (χ1) is 16.6. The van der Waals surface area contributed by atoms with Gasteiger partial charge < -0.3 is 18.9 Å². The Labute approximate surface area is 210 Å². The molecule has 0 saturated heterocycles. The summed E-state index contributed by atoms with van der Waals surface area (Å²) in [6.07, 6.45) is 1.46. The zero-order chi connectivity index (χ0) is 27.7. The van der Waals surface area contributed by atoms with E-state index in [1.807, 2.05) is 0 Å². The van der Waals surface area contributed by atoms with Crippen LogP contribution in [-0.4, -0.2) is 23.9 Å². The highest BCUT2D eigenvalue weighted by atomic mass is 16.6. The van der Waals surface area contributed by atoms with Gasteiger partial charge in [0.25, 0.3) is 0 Å². The summed E-state index contributed by atoms with van der Waals surface area (Å²) < 4.78 is 21.2. The summed E-state index contributed by atoms with van der Waals surface area (Å²) in [5.41, 5.74) is 1.62. The molecule has 0 saturated carbocycles. The number of hydrogen-bond acceptors (Lipinski definition) is 8. The first kappa shape index (κ1) is 29.6. The van der Waals surface area contributed by atoms with Crippen molar-refractivity contribution in [3.63, 3.8) is 0 Å². The molecule has 0 aliphatic carbocycles. The van der Waals surface area contributed by atoms with Crippen LogP contribution in [0.1, 0.15) is 47.1 Å². The van der Waals surface area contributed by atoms with Crippen LogP contribution in [0, 0.1) is 0 Å². The number of carbonyl (C=O) groups excluding carboxylic acids is 4. The molecule has 8 heteroatoms. The first-order valence-corrected chi connectivity index (χ1v) is 10.7. The van der Waals surface area contributed by atoms with Gasteiger partial charge >= 0.3 is 23.9 Å². The largest absolute Gasteiger partial charge is 0.424 e. The third-order valence-electron chi connectivity index (χ3n) is 4.34. The highest BCUT2D eigenvalue weighted by Crippen LogP contribution is 2.33. The number of esters is 4. The maximum Gasteiger partial charge on any atom is 0.338 e. The molecule has 1 aromatic carbocycles. The van der Waals surface area contributed by atoms with Gasteiger partial charge in [-0.25, -0.2) is 19.2 Å². The fourth-order valence-corrected chi connectivity index (χ4v) is 2.24. The minimum atomic E-state index is -0.724. The van der Waals surface area contributed by atoms with Gasteiger partial charge in [0.1, 0.15) is 5.76 Å². The van der Waals surface area contributed by atoms with Crippen molar-refractivity contribution in [1.29, 1.82) is 0 Å². The number of ether oxygens (including phenoxy) is 4. The summed E-state index contributed by atoms with van der Waals surface area (Å²) in [7, 11) is 0. The normalized spacial score (nSPS) is 11.4. The lowest BCUT2D eigenvalue weighted by molar-refractivity contribution is -0.138. The average Bonchev–Trinajstić information content (AvgIpc) is 2.78. The van der Waals surface area contributed by atoms with Crippen LogP contribution in [0.4, 0.5) is 0 Å². The van der Waals surface area contributed by atoms with E-state index in [1.54, 1.807) is 13.0 Å². The summed E-state index contributed by atoms with van der Waals surface area (Å²) in [4.78, 5) is 48.3. The van der Waals surface area contributed by atoms with E-state index in [0.717, 1.165) is 0 Å². The van der Waals surface area contributed by atoms with E-state index in [1.165, 1.54) is 52.8 Å². The highest BCUT2D eigenvalue weighted by molar-refractivity contribution is 5.92. The minimum Gasteiger partial charge on any atom is -0.424 e. The van der Waals surface area contributed by atoms with Gasteiger partial charge in [-0.2, -0.15) is 0 Å². The number of hydrogen-bond donors (Lipinski definition) is 0. The van der Waals surface area contributed by atoms with E-state index < -0.39 is 23.9 Å². The van der Waals surface area contributed by atoms with Crippen LogP contribution in [0.2, 0.25) is 0 Å². The van der Waals surface area contributed by atoms with Crippen molar-refractivity contribution in [2.45, 2.75) is 41.5 Å². The lowest BCUT2D eigenvalue weighted by Gasteiger charge is -2.14. The smallest absolute Gasteiger partial charge is 0.338 e. The van der Waals surface area contributed by atoms with Crippen molar-refractivity contribution in [1.82, 2.24) is 0 Å². The van der Waals surface area contributed by atoms with E-state index >= 15 is 0 Å². The Bertz CT molecular complexity index is 1220. The summed E-state index contributed by atoms with van der Waals surface area (Å²) >= 11 is 0. The van der Waals surface area contributed by atoms with E-state index in [9.17, 15) is 19.2 Å². The molecule has 0 atom stereocenters. The van der Waals surface area contributed by atoms with Crippen molar-refractivity contribution in [2.24, 2.45) is 0 Å². The first-order valence-electron chi connectivity index (χ1n) is 10.7. The molecule has 0 aromatic heterocycles. The van der Waals surface area contributed by atoms with Crippen LogP contribution in [0.15, 0.2) is 84.4 Å². The molecule has 190 valence electrons. The molecular weight excluding hydrogens is 464 g/mol. The summed E-state index contributed by atoms with van der Waals surface area (Å²) in [5.74, 6) is -2.93. The molecule has 0 fully saturated rings. The van der Waals surface area contributed by atoms with Gasteiger partial charge in [0, 0.05) is 22.3 Å². The monoisotopic (exact) mass is 494 g/mol. The minimum absolute atomic E-state index is 0.00908. The third kappa shape index (κ3) is 8.72. The van der Waals surface area contributed by atoms with Crippen LogP contribution >= 0.6 is 0 Å². The van der Waals surface area contributed by atoms with Crippen molar-refractivity contribution < 1.29 is 38.1 Å². The molecule has 36 heavy (non-hydrogen) atoms. The van der Waals surface area contributed by atoms with Crippen molar-refractivity contribution in [3.05, 3.63) is 90.0 Å². The molecule has 0 bridgehead atoms. The Morgan fingerprint density at radius 3 is 1.56 bits per heavy atom. The van der Waals surface area contributed by atoms with Gasteiger partial charge in [0.15, 0.2) is 17.3 Å². The molecule has 0 unspecified atom stereocenters. The van der Waals surface area contributed by atoms with Crippen LogP contribution in [-0.2, 0) is 28.7 Å². The summed E-state index contributed by atoms with van der Waals surface area (Å²) in [6, 6.07) is 4.49. The fraction of sp³-hybridized carbons (Fsp3) is 0.214. The van der Waals surface area contributed by atoms with E-state index in [-0.39, 0.29) is 45.3 Å². The van der Waals surface area contributed by atoms with Crippen LogP contribution in [0.3, 0.4) is 0 Å². The second kappa shape index (κ2) is 12.9. The zero-order valence-corrected chi connectivity index (χ0v) is 21.4. The summed E-state index contributed by atoms with van der Waals surface area (Å²) in [5, 5.41) is 0. The van der Waals surface area contributed by atoms with Crippen molar-refractivity contribution >= 4 is 29.5 Å². The van der Waals surface area contributed by atoms with Crippen LogP contribution < -0.4 is 9.47 Å². The molecule has 1 aromatic rings. The van der Waals surface area contributed by atoms with Gasteiger partial charge in [-0.15, -0.1) is 0 Å². The Hall–Kier alpha value is -4.46. The van der Waals surface area contributed by atoms with E-state index in [0.29, 0.717) is 11.1 Å². The molecular formula is C28H30O8.